The summed E-state index contributed by atoms with van der Waals surface area (Å²) in [6.45, 7) is 3.92. The summed E-state index contributed by atoms with van der Waals surface area (Å²) in [4.78, 5) is 20.6. The van der Waals surface area contributed by atoms with Crippen LogP contribution in [0.5, 0.6) is 5.75 Å². The van der Waals surface area contributed by atoms with E-state index in [1.165, 1.54) is 17.7 Å². The number of ether oxygens (including phenoxy) is 1. The van der Waals surface area contributed by atoms with Crippen molar-refractivity contribution in [3.05, 3.63) is 65.5 Å². The van der Waals surface area contributed by atoms with Gasteiger partial charge in [0, 0.05) is 26.2 Å². The van der Waals surface area contributed by atoms with Crippen molar-refractivity contribution in [2.75, 3.05) is 33.3 Å². The van der Waals surface area contributed by atoms with E-state index >= 15 is 0 Å². The van der Waals surface area contributed by atoms with Gasteiger partial charge in [0.25, 0.3) is 0 Å². The first-order chi connectivity index (χ1) is 13.4. The van der Waals surface area contributed by atoms with Gasteiger partial charge in [0.15, 0.2) is 0 Å². The Morgan fingerprint density at radius 3 is 1.86 bits per heavy atom. The number of hydrogen-bond donors (Lipinski definition) is 3. The number of nitrogens with zero attached hydrogens (tertiary/aromatic N) is 1. The monoisotopic (exact) mass is 390 g/mol. The quantitative estimate of drug-likeness (QED) is 0.687. The highest BCUT2D eigenvalue weighted by atomic mass is 19.1. The van der Waals surface area contributed by atoms with Crippen LogP contribution in [-0.2, 0) is 9.59 Å². The fraction of sp³-hybridized carbons (Fsp3) is 0.300. The van der Waals surface area contributed by atoms with Gasteiger partial charge in [-0.05, 0) is 35.4 Å². The predicted molar refractivity (Wildman–Crippen MR) is 101 cm³/mol. The zero-order chi connectivity index (χ0) is 20.5. The molecule has 1 atom stereocenters. The van der Waals surface area contributed by atoms with E-state index in [2.05, 4.69) is 22.3 Å². The third-order valence-corrected chi connectivity index (χ3v) is 4.32. The lowest BCUT2D eigenvalue weighted by molar-refractivity contribution is -0.159. The first-order valence-electron chi connectivity index (χ1n) is 8.72. The Morgan fingerprint density at radius 2 is 1.43 bits per heavy atom. The molecule has 8 heteroatoms. The first kappa shape index (κ1) is 21.3. The largest absolute Gasteiger partial charge is 0.497 e. The first-order valence-corrected chi connectivity index (χ1v) is 8.72. The highest BCUT2D eigenvalue weighted by Crippen LogP contribution is 2.30. The number of carbonyl (C=O) groups is 2. The third kappa shape index (κ3) is 6.04. The van der Waals surface area contributed by atoms with Gasteiger partial charge in [-0.2, -0.15) is 0 Å². The lowest BCUT2D eigenvalue weighted by Gasteiger charge is -2.35. The van der Waals surface area contributed by atoms with Crippen LogP contribution in [0, 0.1) is 5.82 Å². The maximum atomic E-state index is 13.3. The fourth-order valence-electron chi connectivity index (χ4n) is 2.99. The van der Waals surface area contributed by atoms with Crippen LogP contribution in [0.4, 0.5) is 4.39 Å². The molecule has 3 rings (SSSR count). The van der Waals surface area contributed by atoms with Crippen LogP contribution in [0.25, 0.3) is 0 Å². The molecule has 0 saturated carbocycles. The molecule has 0 amide bonds. The highest BCUT2D eigenvalue weighted by molar-refractivity contribution is 6.27. The SMILES string of the molecule is COc1ccc(C(c2ccc(F)cc2)N2CCNCC2)cc1.O=C(O)C(=O)O. The molecule has 150 valence electrons. The molecular weight excluding hydrogens is 367 g/mol. The highest BCUT2D eigenvalue weighted by Gasteiger charge is 2.23. The van der Waals surface area contributed by atoms with Crippen LogP contribution in [0.1, 0.15) is 17.2 Å². The average molecular weight is 390 g/mol. The van der Waals surface area contributed by atoms with Crippen LogP contribution in [0.3, 0.4) is 0 Å². The fourth-order valence-corrected chi connectivity index (χ4v) is 2.99. The van der Waals surface area contributed by atoms with E-state index in [0.29, 0.717) is 0 Å². The minimum absolute atomic E-state index is 0.147. The van der Waals surface area contributed by atoms with E-state index in [1.807, 2.05) is 24.3 Å². The van der Waals surface area contributed by atoms with Crippen molar-refractivity contribution in [2.45, 2.75) is 6.04 Å². The van der Waals surface area contributed by atoms with Gasteiger partial charge in [-0.3, -0.25) is 4.90 Å². The molecular formula is C20H23FN2O5. The topological polar surface area (TPSA) is 99.1 Å². The van der Waals surface area contributed by atoms with Crippen molar-refractivity contribution in [3.63, 3.8) is 0 Å². The Morgan fingerprint density at radius 1 is 0.964 bits per heavy atom. The molecule has 28 heavy (non-hydrogen) atoms. The number of hydrogen-bond acceptors (Lipinski definition) is 5. The molecule has 0 radical (unpaired) electrons. The maximum Gasteiger partial charge on any atom is 0.414 e. The van der Waals surface area contributed by atoms with E-state index < -0.39 is 11.9 Å². The van der Waals surface area contributed by atoms with Crippen molar-refractivity contribution in [1.29, 1.82) is 0 Å². The summed E-state index contributed by atoms with van der Waals surface area (Å²) in [5, 5.41) is 18.2. The molecule has 1 heterocycles. The Hall–Kier alpha value is -2.97. The molecule has 0 aliphatic carbocycles. The smallest absolute Gasteiger partial charge is 0.414 e. The summed E-state index contributed by atoms with van der Waals surface area (Å²) < 4.78 is 18.5. The molecule has 0 aromatic heterocycles. The number of nitrogens with one attached hydrogen (secondary N) is 1. The van der Waals surface area contributed by atoms with Gasteiger partial charge >= 0.3 is 11.9 Å². The van der Waals surface area contributed by atoms with E-state index in [0.717, 1.165) is 37.5 Å². The summed E-state index contributed by atoms with van der Waals surface area (Å²) in [5.41, 5.74) is 2.32. The minimum atomic E-state index is -1.82. The second-order valence-electron chi connectivity index (χ2n) is 6.12. The Kier molecular flexibility index (Phi) is 7.91. The van der Waals surface area contributed by atoms with Gasteiger partial charge in [-0.25, -0.2) is 14.0 Å². The number of halogens is 1. The molecule has 0 spiro atoms. The van der Waals surface area contributed by atoms with Gasteiger partial charge in [0.1, 0.15) is 11.6 Å². The van der Waals surface area contributed by atoms with E-state index in [1.54, 1.807) is 7.11 Å². The van der Waals surface area contributed by atoms with E-state index in [-0.39, 0.29) is 11.9 Å². The van der Waals surface area contributed by atoms with Crippen molar-refractivity contribution in [3.8, 4) is 5.75 Å². The third-order valence-electron chi connectivity index (χ3n) is 4.32. The molecule has 7 nitrogen and oxygen atoms in total. The number of benzene rings is 2. The van der Waals surface area contributed by atoms with Gasteiger partial charge in [-0.1, -0.05) is 24.3 Å². The zero-order valence-electron chi connectivity index (χ0n) is 15.5. The Balaban J connectivity index is 0.000000409. The van der Waals surface area contributed by atoms with Gasteiger partial charge in [-0.15, -0.1) is 0 Å². The zero-order valence-corrected chi connectivity index (χ0v) is 15.5. The summed E-state index contributed by atoms with van der Waals surface area (Å²) in [6.07, 6.45) is 0. The molecule has 1 unspecified atom stereocenters. The molecule has 2 aromatic rings. The lowest BCUT2D eigenvalue weighted by Crippen LogP contribution is -2.45. The summed E-state index contributed by atoms with van der Waals surface area (Å²) >= 11 is 0. The van der Waals surface area contributed by atoms with Crippen molar-refractivity contribution in [1.82, 2.24) is 10.2 Å². The summed E-state index contributed by atoms with van der Waals surface area (Å²) in [6, 6.07) is 15.1. The minimum Gasteiger partial charge on any atom is -0.497 e. The van der Waals surface area contributed by atoms with Gasteiger partial charge in [0.2, 0.25) is 0 Å². The molecule has 0 bridgehead atoms. The molecule has 1 saturated heterocycles. The molecule has 1 fully saturated rings. The summed E-state index contributed by atoms with van der Waals surface area (Å²) in [7, 11) is 1.67. The van der Waals surface area contributed by atoms with Crippen LogP contribution in [0.2, 0.25) is 0 Å². The molecule has 2 aromatic carbocycles. The van der Waals surface area contributed by atoms with E-state index in [9.17, 15) is 4.39 Å². The summed E-state index contributed by atoms with van der Waals surface area (Å²) in [5.74, 6) is -3.00. The van der Waals surface area contributed by atoms with Crippen LogP contribution < -0.4 is 10.1 Å². The molecule has 3 N–H and O–H groups in total. The standard InChI is InChI=1S/C18H21FN2O.C2H2O4/c1-22-17-8-4-15(5-9-17)18(21-12-10-20-11-13-21)14-2-6-16(19)7-3-14;3-1(4)2(5)6/h2-9,18,20H,10-13H2,1H3;(H,3,4)(H,5,6). The number of carboxylic acids is 2. The molecule has 1 aliphatic heterocycles. The molecule has 1 aliphatic rings. The second-order valence-corrected chi connectivity index (χ2v) is 6.12. The number of piperazine rings is 1. The maximum absolute atomic E-state index is 13.3. The Bertz CT molecular complexity index is 762. The van der Waals surface area contributed by atoms with Crippen molar-refractivity contribution in [2.24, 2.45) is 0 Å². The van der Waals surface area contributed by atoms with Crippen molar-refractivity contribution >= 4 is 11.9 Å². The number of rotatable bonds is 4. The number of carboxylic acid groups (broad SMARTS) is 2. The van der Waals surface area contributed by atoms with Crippen LogP contribution in [0.15, 0.2) is 48.5 Å². The van der Waals surface area contributed by atoms with Crippen molar-refractivity contribution < 1.29 is 28.9 Å². The van der Waals surface area contributed by atoms with Crippen LogP contribution in [-0.4, -0.2) is 60.3 Å². The van der Waals surface area contributed by atoms with Crippen LogP contribution >= 0.6 is 0 Å². The van der Waals surface area contributed by atoms with Gasteiger partial charge < -0.3 is 20.3 Å². The Labute approximate surface area is 162 Å². The average Bonchev–Trinajstić information content (AvgIpc) is 2.71. The predicted octanol–water partition coefficient (Wildman–Crippen LogP) is 1.98. The number of methoxy groups -OCH3 is 1. The van der Waals surface area contributed by atoms with Gasteiger partial charge in [0.05, 0.1) is 13.2 Å². The second kappa shape index (κ2) is 10.4. The normalized spacial score (nSPS) is 15.1. The number of aliphatic carboxylic acids is 2. The lowest BCUT2D eigenvalue weighted by atomic mass is 9.96. The van der Waals surface area contributed by atoms with E-state index in [4.69, 9.17) is 24.5 Å².